The maximum Gasteiger partial charge on any atom is 0.234 e. The topological polar surface area (TPSA) is 72.7 Å². The number of para-hydroxylation sites is 1. The summed E-state index contributed by atoms with van der Waals surface area (Å²) in [5.74, 6) is 0.189. The van der Waals surface area contributed by atoms with Crippen LogP contribution < -0.4 is 5.32 Å². The first-order valence-corrected chi connectivity index (χ1v) is 8.86. The van der Waals surface area contributed by atoms with E-state index in [1.807, 2.05) is 48.7 Å². The Morgan fingerprint density at radius 2 is 2.17 bits per heavy atom. The van der Waals surface area contributed by atoms with Gasteiger partial charge in [-0.15, -0.1) is 16.4 Å². The summed E-state index contributed by atoms with van der Waals surface area (Å²) in [7, 11) is 0. The number of aryl methyl sites for hydroxylation is 1. The fourth-order valence-electron chi connectivity index (χ4n) is 1.98. The number of nitrogens with one attached hydrogen (secondary N) is 1. The molecule has 0 aliphatic heterocycles. The van der Waals surface area contributed by atoms with Gasteiger partial charge >= 0.3 is 0 Å². The lowest BCUT2D eigenvalue weighted by Gasteiger charge is -2.07. The number of nitrogens with zero attached hydrogens (tertiary/aromatic N) is 4. The molecule has 118 valence electrons. The Kier molecular flexibility index (Phi) is 5.04. The van der Waals surface area contributed by atoms with Crippen LogP contribution in [-0.4, -0.2) is 31.9 Å². The van der Waals surface area contributed by atoms with Crippen molar-refractivity contribution in [3.63, 3.8) is 0 Å². The van der Waals surface area contributed by atoms with Crippen molar-refractivity contribution >= 4 is 34.7 Å². The number of carbonyl (C=O) groups excluding carboxylic acids is 1. The number of hydrogen-bond donors (Lipinski definition) is 1. The summed E-state index contributed by atoms with van der Waals surface area (Å²) in [5, 5.41) is 17.2. The number of thioether (sulfide) groups is 1. The summed E-state index contributed by atoms with van der Waals surface area (Å²) in [6.45, 7) is 2.58. The molecule has 0 fully saturated rings. The monoisotopic (exact) mass is 345 g/mol. The van der Waals surface area contributed by atoms with Crippen molar-refractivity contribution in [1.29, 1.82) is 0 Å². The van der Waals surface area contributed by atoms with Crippen LogP contribution in [0.5, 0.6) is 0 Å². The van der Waals surface area contributed by atoms with Crippen molar-refractivity contribution in [3.05, 3.63) is 52.2 Å². The SMILES string of the molecule is Cc1ccccc1NC(=O)CSc1nnnn1Cc1cccs1. The van der Waals surface area contributed by atoms with Gasteiger partial charge in [0.25, 0.3) is 0 Å². The number of rotatable bonds is 6. The van der Waals surface area contributed by atoms with Crippen LogP contribution in [0.25, 0.3) is 0 Å². The zero-order valence-corrected chi connectivity index (χ0v) is 14.1. The van der Waals surface area contributed by atoms with Crippen molar-refractivity contribution in [2.45, 2.75) is 18.6 Å². The van der Waals surface area contributed by atoms with Gasteiger partial charge in [0.2, 0.25) is 11.1 Å². The van der Waals surface area contributed by atoms with E-state index >= 15 is 0 Å². The van der Waals surface area contributed by atoms with Gasteiger partial charge in [0.05, 0.1) is 12.3 Å². The molecule has 3 rings (SSSR count). The molecule has 3 aromatic rings. The fourth-order valence-corrected chi connectivity index (χ4v) is 3.34. The molecule has 0 aliphatic rings. The van der Waals surface area contributed by atoms with Gasteiger partial charge in [0.15, 0.2) is 0 Å². The predicted octanol–water partition coefficient (Wildman–Crippen LogP) is 2.82. The minimum Gasteiger partial charge on any atom is -0.325 e. The highest BCUT2D eigenvalue weighted by atomic mass is 32.2. The zero-order chi connectivity index (χ0) is 16.1. The molecule has 6 nitrogen and oxygen atoms in total. The number of aromatic nitrogens is 4. The van der Waals surface area contributed by atoms with Crippen LogP contribution >= 0.6 is 23.1 Å². The van der Waals surface area contributed by atoms with Crippen molar-refractivity contribution in [3.8, 4) is 0 Å². The van der Waals surface area contributed by atoms with Crippen LogP contribution in [-0.2, 0) is 11.3 Å². The van der Waals surface area contributed by atoms with Crippen LogP contribution in [0.4, 0.5) is 5.69 Å². The van der Waals surface area contributed by atoms with Crippen LogP contribution in [0.2, 0.25) is 0 Å². The quantitative estimate of drug-likeness (QED) is 0.696. The second-order valence-corrected chi connectivity index (χ2v) is 6.82. The molecule has 1 aromatic carbocycles. The number of thiophene rings is 1. The Labute approximate surface area is 141 Å². The fraction of sp³-hybridized carbons (Fsp3) is 0.200. The van der Waals surface area contributed by atoms with Gasteiger partial charge in [-0.2, -0.15) is 0 Å². The number of benzene rings is 1. The molecule has 0 spiro atoms. The normalized spacial score (nSPS) is 10.7. The third kappa shape index (κ3) is 4.17. The Hall–Kier alpha value is -2.19. The average molecular weight is 345 g/mol. The number of anilines is 1. The third-order valence-corrected chi connectivity index (χ3v) is 4.95. The molecule has 0 aliphatic carbocycles. The van der Waals surface area contributed by atoms with E-state index in [4.69, 9.17) is 0 Å². The molecule has 0 atom stereocenters. The van der Waals surface area contributed by atoms with E-state index < -0.39 is 0 Å². The predicted molar refractivity (Wildman–Crippen MR) is 91.8 cm³/mol. The lowest BCUT2D eigenvalue weighted by Crippen LogP contribution is -2.15. The Bertz CT molecular complexity index is 785. The van der Waals surface area contributed by atoms with Gasteiger partial charge in [-0.1, -0.05) is 36.0 Å². The minimum atomic E-state index is -0.0741. The van der Waals surface area contributed by atoms with Crippen molar-refractivity contribution in [1.82, 2.24) is 20.2 Å². The summed E-state index contributed by atoms with van der Waals surface area (Å²) in [5.41, 5.74) is 1.87. The van der Waals surface area contributed by atoms with Gasteiger partial charge in [0, 0.05) is 10.6 Å². The molecule has 2 aromatic heterocycles. The summed E-state index contributed by atoms with van der Waals surface area (Å²) in [4.78, 5) is 13.3. The summed E-state index contributed by atoms with van der Waals surface area (Å²) < 4.78 is 1.71. The highest BCUT2D eigenvalue weighted by Crippen LogP contribution is 2.18. The van der Waals surface area contributed by atoms with Gasteiger partial charge in [-0.25, -0.2) is 4.68 Å². The molecule has 2 heterocycles. The molecule has 0 unspecified atom stereocenters. The van der Waals surface area contributed by atoms with Crippen LogP contribution in [0.15, 0.2) is 46.9 Å². The molecule has 23 heavy (non-hydrogen) atoms. The largest absolute Gasteiger partial charge is 0.325 e. The maximum absolute atomic E-state index is 12.1. The van der Waals surface area contributed by atoms with Crippen molar-refractivity contribution in [2.24, 2.45) is 0 Å². The zero-order valence-electron chi connectivity index (χ0n) is 12.5. The Morgan fingerprint density at radius 3 is 2.96 bits per heavy atom. The van der Waals surface area contributed by atoms with Gasteiger partial charge < -0.3 is 5.32 Å². The van der Waals surface area contributed by atoms with Crippen molar-refractivity contribution in [2.75, 3.05) is 11.1 Å². The lowest BCUT2D eigenvalue weighted by molar-refractivity contribution is -0.113. The number of hydrogen-bond acceptors (Lipinski definition) is 6. The summed E-state index contributed by atoms with van der Waals surface area (Å²) >= 11 is 2.98. The third-order valence-electron chi connectivity index (χ3n) is 3.14. The molecule has 1 amide bonds. The number of tetrazole rings is 1. The molecule has 8 heteroatoms. The molecule has 0 saturated carbocycles. The first kappa shape index (κ1) is 15.7. The lowest BCUT2D eigenvalue weighted by atomic mass is 10.2. The first-order valence-electron chi connectivity index (χ1n) is 6.99. The van der Waals surface area contributed by atoms with Crippen LogP contribution in [0, 0.1) is 6.92 Å². The van der Waals surface area contributed by atoms with Crippen molar-refractivity contribution < 1.29 is 4.79 Å². The van der Waals surface area contributed by atoms with E-state index in [0.717, 1.165) is 11.3 Å². The molecular weight excluding hydrogens is 330 g/mol. The highest BCUT2D eigenvalue weighted by Gasteiger charge is 2.11. The highest BCUT2D eigenvalue weighted by molar-refractivity contribution is 7.99. The molecule has 0 radical (unpaired) electrons. The molecule has 0 saturated heterocycles. The smallest absolute Gasteiger partial charge is 0.234 e. The second-order valence-electron chi connectivity index (χ2n) is 4.85. The maximum atomic E-state index is 12.1. The second kappa shape index (κ2) is 7.38. The molecule has 0 bridgehead atoms. The average Bonchev–Trinajstić information content (AvgIpc) is 3.20. The standard InChI is InChI=1S/C15H15N5OS2/c1-11-5-2-3-7-13(11)16-14(21)10-23-15-17-18-19-20(15)9-12-6-4-8-22-12/h2-8H,9-10H2,1H3,(H,16,21). The molecular formula is C15H15N5OS2. The van der Waals surface area contributed by atoms with E-state index in [1.54, 1.807) is 16.0 Å². The minimum absolute atomic E-state index is 0.0741. The van der Waals surface area contributed by atoms with E-state index in [0.29, 0.717) is 11.7 Å². The van der Waals surface area contributed by atoms with Gasteiger partial charge in [-0.05, 0) is 40.4 Å². The Balaban J connectivity index is 1.57. The van der Waals surface area contributed by atoms with Gasteiger partial charge in [0.1, 0.15) is 0 Å². The Morgan fingerprint density at radius 1 is 1.30 bits per heavy atom. The first-order chi connectivity index (χ1) is 11.2. The number of amides is 1. The van der Waals surface area contributed by atoms with Crippen LogP contribution in [0.1, 0.15) is 10.4 Å². The number of carbonyl (C=O) groups is 1. The van der Waals surface area contributed by atoms with Gasteiger partial charge in [-0.3, -0.25) is 4.79 Å². The van der Waals surface area contributed by atoms with E-state index in [2.05, 4.69) is 20.8 Å². The summed E-state index contributed by atoms with van der Waals surface area (Å²) in [6.07, 6.45) is 0. The van der Waals surface area contributed by atoms with E-state index in [9.17, 15) is 4.79 Å². The van der Waals surface area contributed by atoms with Crippen LogP contribution in [0.3, 0.4) is 0 Å². The summed E-state index contributed by atoms with van der Waals surface area (Å²) in [6, 6.07) is 11.7. The van der Waals surface area contributed by atoms with E-state index in [-0.39, 0.29) is 11.7 Å². The molecule has 1 N–H and O–H groups in total. The van der Waals surface area contributed by atoms with E-state index in [1.165, 1.54) is 16.6 Å².